The Morgan fingerprint density at radius 2 is 1.68 bits per heavy atom. The van der Waals surface area contributed by atoms with Crippen molar-refractivity contribution < 1.29 is 18.0 Å². The van der Waals surface area contributed by atoms with Gasteiger partial charge in [0, 0.05) is 24.3 Å². The molecule has 1 heterocycles. The minimum atomic E-state index is -3.52. The number of hydrogen-bond donors (Lipinski definition) is 2. The Kier molecular flexibility index (Phi) is 8.20. The number of ketones is 1. The summed E-state index contributed by atoms with van der Waals surface area (Å²) < 4.78 is 26.7. The molecular formula is C23H33N3O4S. The van der Waals surface area contributed by atoms with E-state index in [0.29, 0.717) is 36.5 Å². The molecule has 0 aliphatic rings. The third-order valence-electron chi connectivity index (χ3n) is 5.44. The molecule has 1 aromatic heterocycles. The van der Waals surface area contributed by atoms with Gasteiger partial charge in [-0.1, -0.05) is 39.3 Å². The highest BCUT2D eigenvalue weighted by Crippen LogP contribution is 2.23. The molecule has 1 atom stereocenters. The van der Waals surface area contributed by atoms with E-state index in [0.717, 1.165) is 17.5 Å². The Labute approximate surface area is 185 Å². The number of aromatic nitrogens is 1. The summed E-state index contributed by atoms with van der Waals surface area (Å²) in [5.41, 5.74) is 3.24. The fourth-order valence-electron chi connectivity index (χ4n) is 3.84. The highest BCUT2D eigenvalue weighted by molar-refractivity contribution is 7.89. The van der Waals surface area contributed by atoms with E-state index in [-0.39, 0.29) is 22.6 Å². The molecule has 0 aliphatic heterocycles. The minimum absolute atomic E-state index is 0.0608. The molecule has 7 nitrogen and oxygen atoms in total. The van der Waals surface area contributed by atoms with E-state index >= 15 is 0 Å². The topological polar surface area (TPSA) is 99.3 Å². The van der Waals surface area contributed by atoms with Crippen molar-refractivity contribution >= 4 is 21.7 Å². The molecule has 0 saturated heterocycles. The summed E-state index contributed by atoms with van der Waals surface area (Å²) in [4.78, 5) is 28.3. The van der Waals surface area contributed by atoms with Crippen molar-refractivity contribution in [3.05, 3.63) is 52.3 Å². The summed E-state index contributed by atoms with van der Waals surface area (Å²) in [5.74, 6) is -0.347. The molecule has 0 bridgehead atoms. The van der Waals surface area contributed by atoms with Crippen LogP contribution in [0.4, 0.5) is 0 Å². The first-order chi connectivity index (χ1) is 14.6. The minimum Gasteiger partial charge on any atom is -0.354 e. The normalized spacial score (nSPS) is 12.7. The smallest absolute Gasteiger partial charge is 0.268 e. The van der Waals surface area contributed by atoms with Crippen LogP contribution in [0.3, 0.4) is 0 Å². The van der Waals surface area contributed by atoms with E-state index in [2.05, 4.69) is 10.3 Å². The number of benzene rings is 1. The van der Waals surface area contributed by atoms with Gasteiger partial charge in [-0.25, -0.2) is 8.42 Å². The number of hydrogen-bond acceptors (Lipinski definition) is 4. The zero-order chi connectivity index (χ0) is 23.3. The number of carbonyl (C=O) groups excluding carboxylic acids is 2. The Balaban J connectivity index is 2.25. The van der Waals surface area contributed by atoms with Gasteiger partial charge in [-0.3, -0.25) is 9.59 Å². The van der Waals surface area contributed by atoms with Gasteiger partial charge in [0.15, 0.2) is 5.78 Å². The third kappa shape index (κ3) is 5.25. The highest BCUT2D eigenvalue weighted by Gasteiger charge is 2.24. The van der Waals surface area contributed by atoms with Gasteiger partial charge >= 0.3 is 0 Å². The lowest BCUT2D eigenvalue weighted by molar-refractivity contribution is 0.0934. The van der Waals surface area contributed by atoms with Gasteiger partial charge in [-0.05, 0) is 50.5 Å². The number of H-pyrrole nitrogens is 1. The van der Waals surface area contributed by atoms with Gasteiger partial charge in [0.2, 0.25) is 10.0 Å². The summed E-state index contributed by atoms with van der Waals surface area (Å²) in [5, 5.41) is 2.95. The van der Waals surface area contributed by atoms with Gasteiger partial charge in [-0.15, -0.1) is 0 Å². The van der Waals surface area contributed by atoms with Crippen molar-refractivity contribution in [2.45, 2.75) is 65.3 Å². The lowest BCUT2D eigenvalue weighted by Crippen LogP contribution is -2.30. The quantitative estimate of drug-likeness (QED) is 0.538. The fourth-order valence-corrected chi connectivity index (χ4v) is 5.30. The zero-order valence-corrected chi connectivity index (χ0v) is 20.0. The predicted octanol–water partition coefficient (Wildman–Crippen LogP) is 4.00. The van der Waals surface area contributed by atoms with Crippen molar-refractivity contribution in [3.8, 4) is 0 Å². The maximum absolute atomic E-state index is 12.9. The van der Waals surface area contributed by atoms with Gasteiger partial charge in [-0.2, -0.15) is 4.31 Å². The van der Waals surface area contributed by atoms with E-state index in [1.54, 1.807) is 45.0 Å². The van der Waals surface area contributed by atoms with Gasteiger partial charge in [0.25, 0.3) is 5.91 Å². The van der Waals surface area contributed by atoms with Crippen LogP contribution < -0.4 is 5.32 Å². The molecule has 2 aromatic rings. The molecule has 2 N–H and O–H groups in total. The number of sulfonamides is 1. The summed E-state index contributed by atoms with van der Waals surface area (Å²) in [7, 11) is -3.52. The van der Waals surface area contributed by atoms with E-state index < -0.39 is 10.0 Å². The maximum atomic E-state index is 12.9. The number of Topliss-reactive ketones (excluding diaryl/α,β-unsaturated/α-hetero) is 1. The average Bonchev–Trinajstić information content (AvgIpc) is 3.05. The van der Waals surface area contributed by atoms with Gasteiger partial charge < -0.3 is 10.3 Å². The third-order valence-corrected chi connectivity index (χ3v) is 7.51. The molecule has 1 amide bonds. The van der Waals surface area contributed by atoms with Crippen molar-refractivity contribution in [2.75, 3.05) is 13.1 Å². The summed E-state index contributed by atoms with van der Waals surface area (Å²) in [6, 6.07) is 6.24. The number of amides is 1. The molecule has 0 aliphatic carbocycles. The zero-order valence-electron chi connectivity index (χ0n) is 19.2. The molecule has 8 heteroatoms. The summed E-state index contributed by atoms with van der Waals surface area (Å²) in [6.07, 6.45) is 1.45. The van der Waals surface area contributed by atoms with Crippen LogP contribution in [-0.2, 0) is 16.4 Å². The van der Waals surface area contributed by atoms with Crippen LogP contribution in [0.15, 0.2) is 29.2 Å². The molecule has 0 radical (unpaired) electrons. The number of rotatable bonds is 10. The van der Waals surface area contributed by atoms with Gasteiger partial charge in [0.1, 0.15) is 5.69 Å². The first kappa shape index (κ1) is 24.8. The Morgan fingerprint density at radius 1 is 1.10 bits per heavy atom. The first-order valence-corrected chi connectivity index (χ1v) is 12.2. The lowest BCUT2D eigenvalue weighted by atomic mass is 10.0. The molecule has 31 heavy (non-hydrogen) atoms. The van der Waals surface area contributed by atoms with Crippen LogP contribution in [0.2, 0.25) is 0 Å². The van der Waals surface area contributed by atoms with Crippen LogP contribution in [-0.4, -0.2) is 42.5 Å². The van der Waals surface area contributed by atoms with E-state index in [1.807, 2.05) is 13.8 Å². The highest BCUT2D eigenvalue weighted by atomic mass is 32.2. The SMILES string of the molecule is CCCc1c(C(=O)N[C@@H](C)c2ccc(S(=O)(=O)N(CC)CC)cc2)[nH]c(C)c1C(C)=O. The van der Waals surface area contributed by atoms with Crippen molar-refractivity contribution in [3.63, 3.8) is 0 Å². The van der Waals surface area contributed by atoms with Crippen LogP contribution in [0, 0.1) is 6.92 Å². The Bertz CT molecular complexity index is 1040. The molecule has 0 fully saturated rings. The van der Waals surface area contributed by atoms with E-state index in [9.17, 15) is 18.0 Å². The monoisotopic (exact) mass is 447 g/mol. The number of aromatic amines is 1. The molecule has 2 rings (SSSR count). The average molecular weight is 448 g/mol. The number of aryl methyl sites for hydroxylation is 1. The van der Waals surface area contributed by atoms with Crippen LogP contribution in [0.25, 0.3) is 0 Å². The molecule has 0 unspecified atom stereocenters. The second-order valence-corrected chi connectivity index (χ2v) is 9.58. The maximum Gasteiger partial charge on any atom is 0.268 e. The van der Waals surface area contributed by atoms with E-state index in [4.69, 9.17) is 0 Å². The van der Waals surface area contributed by atoms with Crippen molar-refractivity contribution in [1.82, 2.24) is 14.6 Å². The van der Waals surface area contributed by atoms with Crippen molar-refractivity contribution in [2.24, 2.45) is 0 Å². The number of carbonyl (C=O) groups is 2. The second kappa shape index (κ2) is 10.2. The molecule has 170 valence electrons. The molecule has 0 spiro atoms. The van der Waals surface area contributed by atoms with Crippen molar-refractivity contribution in [1.29, 1.82) is 0 Å². The number of nitrogens with zero attached hydrogens (tertiary/aromatic N) is 1. The summed E-state index contributed by atoms with van der Waals surface area (Å²) >= 11 is 0. The molecule has 1 aromatic carbocycles. The second-order valence-electron chi connectivity index (χ2n) is 7.64. The van der Waals surface area contributed by atoms with Crippen LogP contribution in [0.5, 0.6) is 0 Å². The van der Waals surface area contributed by atoms with Crippen LogP contribution >= 0.6 is 0 Å². The van der Waals surface area contributed by atoms with Gasteiger partial charge in [0.05, 0.1) is 10.9 Å². The first-order valence-electron chi connectivity index (χ1n) is 10.7. The molecular weight excluding hydrogens is 414 g/mol. The Hall–Kier alpha value is -2.45. The predicted molar refractivity (Wildman–Crippen MR) is 122 cm³/mol. The largest absolute Gasteiger partial charge is 0.354 e. The molecule has 0 saturated carbocycles. The Morgan fingerprint density at radius 3 is 2.16 bits per heavy atom. The number of nitrogens with one attached hydrogen (secondary N) is 2. The standard InChI is InChI=1S/C23H33N3O4S/c1-7-10-20-21(17(6)27)16(5)24-22(20)23(28)25-15(4)18-11-13-19(14-12-18)31(29,30)26(8-2)9-3/h11-15,24H,7-10H2,1-6H3,(H,25,28)/t15-/m0/s1. The lowest BCUT2D eigenvalue weighted by Gasteiger charge is -2.19. The summed E-state index contributed by atoms with van der Waals surface area (Å²) in [6.45, 7) is 11.6. The van der Waals surface area contributed by atoms with Crippen LogP contribution in [0.1, 0.15) is 84.7 Å². The fraction of sp³-hybridized carbons (Fsp3) is 0.478. The van der Waals surface area contributed by atoms with E-state index in [1.165, 1.54) is 11.2 Å².